The van der Waals surface area contributed by atoms with Gasteiger partial charge in [0.2, 0.25) is 0 Å². The summed E-state index contributed by atoms with van der Waals surface area (Å²) in [4.78, 5) is 76.1. The van der Waals surface area contributed by atoms with Crippen LogP contribution in [0.15, 0.2) is 121 Å². The summed E-state index contributed by atoms with van der Waals surface area (Å²) < 4.78 is 24.5. The van der Waals surface area contributed by atoms with Crippen molar-refractivity contribution in [1.29, 1.82) is 0 Å². The van der Waals surface area contributed by atoms with Crippen LogP contribution >= 0.6 is 0 Å². The average Bonchev–Trinajstić information content (AvgIpc) is 3.22. The third kappa shape index (κ3) is 16.2. The number of aryl methyl sites for hydroxylation is 1. The van der Waals surface area contributed by atoms with Gasteiger partial charge in [-0.2, -0.15) is 19.2 Å². The van der Waals surface area contributed by atoms with Crippen molar-refractivity contribution in [2.75, 3.05) is 26.4 Å². The first-order valence-electron chi connectivity index (χ1n) is 16.8. The van der Waals surface area contributed by atoms with Crippen molar-refractivity contribution < 1.29 is 82.8 Å². The molecule has 5 rings (SSSR count). The number of hydrogen-bond donors (Lipinski definition) is 5. The lowest BCUT2D eigenvalue weighted by atomic mass is 9.92. The standard InChI is InChI=1S/C31H28O8.C9H8O5.2CO2/c32-29(33)23-11-15-27(16-12-23)38-21-31(19-36-25-7-3-1-4-8-25,20-37-26-9-5-2-6-10-26)22-39-28-17-13-24(14-18-28)30(34)35;1-4-2-6(9(13)14)7(10)3-5(4)8(11)12;2*2-1-3/h1-18H,19-22H2,(H,32,33)(H,34,35);2-3,10H,1H3,(H,11,12)(H,13,14);;. The second kappa shape index (κ2) is 24.3. The van der Waals surface area contributed by atoms with Crippen molar-refractivity contribution in [3.8, 4) is 28.7 Å². The van der Waals surface area contributed by atoms with E-state index in [0.717, 1.165) is 12.1 Å². The second-order valence-electron chi connectivity index (χ2n) is 11.9. The maximum absolute atomic E-state index is 11.2. The smallest absolute Gasteiger partial charge is 0.373 e. The Labute approximate surface area is 335 Å². The van der Waals surface area contributed by atoms with Gasteiger partial charge in [0.1, 0.15) is 66.2 Å². The number of rotatable bonds is 16. The summed E-state index contributed by atoms with van der Waals surface area (Å²) >= 11 is 0. The van der Waals surface area contributed by atoms with Crippen molar-refractivity contribution in [3.63, 3.8) is 0 Å². The predicted molar refractivity (Wildman–Crippen MR) is 201 cm³/mol. The maximum atomic E-state index is 11.2. The lowest BCUT2D eigenvalue weighted by Crippen LogP contribution is -2.45. The van der Waals surface area contributed by atoms with Crippen LogP contribution in [-0.4, -0.2) is 88.1 Å². The number of phenols is 1. The van der Waals surface area contributed by atoms with Gasteiger partial charge >= 0.3 is 36.2 Å². The Hall–Kier alpha value is -8.26. The summed E-state index contributed by atoms with van der Waals surface area (Å²) in [7, 11) is 0. The lowest BCUT2D eigenvalue weighted by Gasteiger charge is -2.33. The molecule has 0 saturated heterocycles. The molecule has 0 bridgehead atoms. The SMILES string of the molecule is Cc1cc(C(=O)O)c(O)cc1C(=O)O.O=C(O)c1ccc(OCC(COc2ccccc2)(COc2ccccc2)COc2ccc(C(=O)O)cc2)cc1.O=C=O.O=C=O. The van der Waals surface area contributed by atoms with Crippen molar-refractivity contribution in [3.05, 3.63) is 149 Å². The topological polar surface area (TPSA) is 275 Å². The number of carboxylic acids is 4. The molecule has 17 heteroatoms. The number of carbonyl (C=O) groups excluding carboxylic acids is 4. The highest BCUT2D eigenvalue weighted by atomic mass is 16.5. The quantitative estimate of drug-likeness (QED) is 0.0809. The van der Waals surface area contributed by atoms with E-state index in [1.807, 2.05) is 60.7 Å². The highest BCUT2D eigenvalue weighted by Gasteiger charge is 2.36. The van der Waals surface area contributed by atoms with Crippen LogP contribution in [0.3, 0.4) is 0 Å². The molecule has 17 nitrogen and oxygen atoms in total. The fraction of sp³-hybridized carbons (Fsp3) is 0.143. The molecule has 0 aliphatic carbocycles. The molecule has 0 heterocycles. The molecule has 0 atom stereocenters. The van der Waals surface area contributed by atoms with Gasteiger partial charge in [0.25, 0.3) is 0 Å². The molecule has 5 aromatic carbocycles. The summed E-state index contributed by atoms with van der Waals surface area (Å²) in [6.07, 6.45) is 0.500. The molecule has 0 saturated carbocycles. The Bertz CT molecular complexity index is 2030. The molecule has 0 aliphatic heterocycles. The zero-order valence-electron chi connectivity index (χ0n) is 31.0. The molecule has 0 fully saturated rings. The number of carboxylic acid groups (broad SMARTS) is 4. The Morgan fingerprint density at radius 1 is 0.475 bits per heavy atom. The highest BCUT2D eigenvalue weighted by molar-refractivity contribution is 5.95. The van der Waals surface area contributed by atoms with E-state index < -0.39 is 35.0 Å². The minimum atomic E-state index is -1.29. The number of hydrogen-bond acceptors (Lipinski definition) is 13. The minimum Gasteiger partial charge on any atom is -0.507 e. The predicted octanol–water partition coefficient (Wildman–Crippen LogP) is 5.62. The summed E-state index contributed by atoms with van der Waals surface area (Å²) in [5, 5.41) is 44.9. The van der Waals surface area contributed by atoms with E-state index in [0.29, 0.717) is 28.6 Å². The van der Waals surface area contributed by atoms with E-state index in [1.54, 1.807) is 24.3 Å². The zero-order chi connectivity index (χ0) is 43.8. The summed E-state index contributed by atoms with van der Waals surface area (Å²) in [5.74, 6) is -2.78. The van der Waals surface area contributed by atoms with Crippen LogP contribution in [0.5, 0.6) is 28.7 Å². The molecule has 5 N–H and O–H groups in total. The van der Waals surface area contributed by atoms with Crippen LogP contribution in [-0.2, 0) is 19.2 Å². The van der Waals surface area contributed by atoms with Crippen LogP contribution in [0.1, 0.15) is 47.0 Å². The van der Waals surface area contributed by atoms with Crippen LogP contribution in [0.2, 0.25) is 0 Å². The van der Waals surface area contributed by atoms with Crippen LogP contribution in [0.4, 0.5) is 0 Å². The molecule has 0 aliphatic rings. The van der Waals surface area contributed by atoms with E-state index in [9.17, 15) is 34.5 Å². The van der Waals surface area contributed by atoms with Gasteiger partial charge in [-0.15, -0.1) is 0 Å². The first-order chi connectivity index (χ1) is 28.2. The maximum Gasteiger partial charge on any atom is 0.373 e. The van der Waals surface area contributed by atoms with Gasteiger partial charge in [-0.25, -0.2) is 19.2 Å². The molecular formula is C42H36O17. The number of carbonyl (C=O) groups is 4. The van der Waals surface area contributed by atoms with Crippen molar-refractivity contribution >= 4 is 36.2 Å². The third-order valence-electron chi connectivity index (χ3n) is 7.67. The second-order valence-corrected chi connectivity index (χ2v) is 11.9. The van der Waals surface area contributed by atoms with Gasteiger partial charge in [-0.05, 0) is 97.4 Å². The molecule has 0 radical (unpaired) electrons. The van der Waals surface area contributed by atoms with Crippen LogP contribution in [0, 0.1) is 12.3 Å². The Morgan fingerprint density at radius 3 is 1.07 bits per heavy atom. The fourth-order valence-corrected chi connectivity index (χ4v) is 4.71. The molecular weight excluding hydrogens is 776 g/mol. The van der Waals surface area contributed by atoms with E-state index in [-0.39, 0.29) is 61.0 Å². The number of aromatic hydroxyl groups is 1. The van der Waals surface area contributed by atoms with E-state index in [2.05, 4.69) is 0 Å². The van der Waals surface area contributed by atoms with E-state index in [1.165, 1.54) is 31.2 Å². The number of benzene rings is 5. The van der Waals surface area contributed by atoms with Crippen molar-refractivity contribution in [1.82, 2.24) is 0 Å². The van der Waals surface area contributed by atoms with Crippen molar-refractivity contribution in [2.45, 2.75) is 6.92 Å². The lowest BCUT2D eigenvalue weighted by molar-refractivity contribution is -0.193. The summed E-state index contributed by atoms with van der Waals surface area (Å²) in [6.45, 7) is 2.04. The van der Waals surface area contributed by atoms with Crippen molar-refractivity contribution in [2.24, 2.45) is 5.41 Å². The summed E-state index contributed by atoms with van der Waals surface area (Å²) in [5.41, 5.74) is -0.626. The van der Waals surface area contributed by atoms with E-state index >= 15 is 0 Å². The number of para-hydroxylation sites is 2. The van der Waals surface area contributed by atoms with E-state index in [4.69, 9.17) is 48.3 Å². The van der Waals surface area contributed by atoms with Crippen LogP contribution < -0.4 is 18.9 Å². The van der Waals surface area contributed by atoms with Gasteiger partial charge in [0, 0.05) is 0 Å². The minimum absolute atomic E-state index is 0.104. The highest BCUT2D eigenvalue weighted by Crippen LogP contribution is 2.27. The Balaban J connectivity index is 0.000000497. The molecule has 0 aromatic heterocycles. The molecule has 306 valence electrons. The average molecular weight is 813 g/mol. The number of ether oxygens (including phenoxy) is 4. The molecule has 0 amide bonds. The first kappa shape index (κ1) is 46.9. The zero-order valence-corrected chi connectivity index (χ0v) is 31.0. The van der Waals surface area contributed by atoms with Gasteiger partial charge in [-0.3, -0.25) is 0 Å². The fourth-order valence-electron chi connectivity index (χ4n) is 4.71. The first-order valence-corrected chi connectivity index (χ1v) is 16.8. The monoisotopic (exact) mass is 812 g/mol. The molecule has 5 aromatic rings. The largest absolute Gasteiger partial charge is 0.507 e. The molecule has 0 spiro atoms. The van der Waals surface area contributed by atoms with Gasteiger partial charge < -0.3 is 44.5 Å². The van der Waals surface area contributed by atoms with Gasteiger partial charge in [0.05, 0.1) is 16.7 Å². The molecule has 0 unspecified atom stereocenters. The normalized spacial score (nSPS) is 9.78. The Morgan fingerprint density at radius 2 is 0.780 bits per heavy atom. The summed E-state index contributed by atoms with van der Waals surface area (Å²) in [6, 6.07) is 33.0. The van der Waals surface area contributed by atoms with Gasteiger partial charge in [-0.1, -0.05) is 36.4 Å². The van der Waals surface area contributed by atoms with Crippen LogP contribution in [0.25, 0.3) is 0 Å². The Kier molecular flexibility index (Phi) is 19.3. The van der Waals surface area contributed by atoms with Gasteiger partial charge in [0.15, 0.2) is 0 Å². The molecule has 59 heavy (non-hydrogen) atoms. The number of aromatic carboxylic acids is 4. The third-order valence-corrected chi connectivity index (χ3v) is 7.67.